The van der Waals surface area contributed by atoms with Gasteiger partial charge in [0.1, 0.15) is 5.75 Å². The summed E-state index contributed by atoms with van der Waals surface area (Å²) in [5, 5.41) is 0. The Morgan fingerprint density at radius 1 is 1.14 bits per heavy atom. The molecule has 4 rings (SSSR count). The van der Waals surface area contributed by atoms with E-state index in [9.17, 15) is 0 Å². The van der Waals surface area contributed by atoms with Crippen LogP contribution in [0.15, 0.2) is 36.8 Å². The lowest BCUT2D eigenvalue weighted by molar-refractivity contribution is 0.364. The van der Waals surface area contributed by atoms with Crippen molar-refractivity contribution in [3.8, 4) is 17.0 Å². The molecule has 0 N–H and O–H groups in total. The zero-order chi connectivity index (χ0) is 14.3. The van der Waals surface area contributed by atoms with Gasteiger partial charge in [0.25, 0.3) is 0 Å². The van der Waals surface area contributed by atoms with Gasteiger partial charge in [-0.2, -0.15) is 0 Å². The van der Waals surface area contributed by atoms with Crippen LogP contribution in [0, 0.1) is 0 Å². The van der Waals surface area contributed by atoms with Gasteiger partial charge in [-0.25, -0.2) is 0 Å². The number of hydrogen-bond donors (Lipinski definition) is 0. The van der Waals surface area contributed by atoms with Crippen molar-refractivity contribution in [3.63, 3.8) is 0 Å². The standard InChI is InChI=1S/C17H19N3O/c1-21-16-4-7-18-11-14(16)15-3-2-13(10-19-15)17-5-8-20(12-17)9-6-17/h2-4,7,10-11H,5-6,8-9,12H2,1H3. The fraction of sp³-hybridized carbons (Fsp3) is 0.412. The van der Waals surface area contributed by atoms with Crippen molar-refractivity contribution in [3.05, 3.63) is 42.4 Å². The molecule has 2 saturated heterocycles. The van der Waals surface area contributed by atoms with Crippen LogP contribution in [-0.2, 0) is 5.41 Å². The van der Waals surface area contributed by atoms with Crippen molar-refractivity contribution in [2.24, 2.45) is 0 Å². The summed E-state index contributed by atoms with van der Waals surface area (Å²) < 4.78 is 5.39. The lowest BCUT2D eigenvalue weighted by Gasteiger charge is -2.25. The summed E-state index contributed by atoms with van der Waals surface area (Å²) in [6.07, 6.45) is 8.14. The van der Waals surface area contributed by atoms with Gasteiger partial charge < -0.3 is 9.64 Å². The SMILES string of the molecule is COc1ccncc1-c1ccc(C23CCN(CC2)C3)cn1. The number of rotatable bonds is 3. The van der Waals surface area contributed by atoms with E-state index in [0.29, 0.717) is 5.41 Å². The summed E-state index contributed by atoms with van der Waals surface area (Å²) >= 11 is 0. The molecule has 4 heterocycles. The lowest BCUT2D eigenvalue weighted by atomic mass is 9.78. The maximum atomic E-state index is 5.39. The molecule has 0 aliphatic carbocycles. The van der Waals surface area contributed by atoms with E-state index in [4.69, 9.17) is 4.74 Å². The predicted molar refractivity (Wildman–Crippen MR) is 81.4 cm³/mol. The van der Waals surface area contributed by atoms with Gasteiger partial charge in [-0.1, -0.05) is 6.07 Å². The van der Waals surface area contributed by atoms with Crippen LogP contribution in [0.5, 0.6) is 5.75 Å². The van der Waals surface area contributed by atoms with Crippen LogP contribution in [0.4, 0.5) is 0 Å². The summed E-state index contributed by atoms with van der Waals surface area (Å²) in [5.41, 5.74) is 3.61. The first-order chi connectivity index (χ1) is 10.3. The minimum Gasteiger partial charge on any atom is -0.496 e. The van der Waals surface area contributed by atoms with E-state index in [2.05, 4.69) is 33.2 Å². The molecule has 2 aromatic heterocycles. The van der Waals surface area contributed by atoms with Gasteiger partial charge in [0, 0.05) is 30.6 Å². The molecule has 2 fully saturated rings. The smallest absolute Gasteiger partial charge is 0.131 e. The molecule has 21 heavy (non-hydrogen) atoms. The Labute approximate surface area is 124 Å². The zero-order valence-electron chi connectivity index (χ0n) is 12.2. The minimum absolute atomic E-state index is 0.352. The number of fused-ring (bicyclic) bond motifs is 2. The van der Waals surface area contributed by atoms with Crippen LogP contribution in [-0.4, -0.2) is 41.6 Å². The van der Waals surface area contributed by atoms with E-state index in [-0.39, 0.29) is 0 Å². The van der Waals surface area contributed by atoms with Crippen LogP contribution in [0.3, 0.4) is 0 Å². The van der Waals surface area contributed by atoms with E-state index < -0.39 is 0 Å². The number of piperidine rings is 1. The fourth-order valence-corrected chi connectivity index (χ4v) is 3.72. The summed E-state index contributed by atoms with van der Waals surface area (Å²) in [4.78, 5) is 11.4. The average molecular weight is 281 g/mol. The minimum atomic E-state index is 0.352. The maximum absolute atomic E-state index is 5.39. The average Bonchev–Trinajstić information content (AvgIpc) is 3.17. The first-order valence-corrected chi connectivity index (χ1v) is 7.48. The summed E-state index contributed by atoms with van der Waals surface area (Å²) in [6, 6.07) is 6.21. The molecule has 0 unspecified atom stereocenters. The van der Waals surface area contributed by atoms with Crippen LogP contribution in [0.1, 0.15) is 18.4 Å². The van der Waals surface area contributed by atoms with Gasteiger partial charge in [-0.3, -0.25) is 9.97 Å². The monoisotopic (exact) mass is 281 g/mol. The predicted octanol–water partition coefficient (Wildman–Crippen LogP) is 2.50. The van der Waals surface area contributed by atoms with Gasteiger partial charge in [0.2, 0.25) is 0 Å². The number of nitrogens with zero attached hydrogens (tertiary/aromatic N) is 3. The highest BCUT2D eigenvalue weighted by molar-refractivity contribution is 5.65. The molecular weight excluding hydrogens is 262 g/mol. The van der Waals surface area contributed by atoms with Gasteiger partial charge in [0.15, 0.2) is 0 Å². The van der Waals surface area contributed by atoms with Crippen LogP contribution in [0.25, 0.3) is 11.3 Å². The van der Waals surface area contributed by atoms with Gasteiger partial charge >= 0.3 is 0 Å². The molecule has 4 nitrogen and oxygen atoms in total. The normalized spacial score (nSPS) is 27.0. The van der Waals surface area contributed by atoms with Gasteiger partial charge in [-0.05, 0) is 43.6 Å². The van der Waals surface area contributed by atoms with Crippen LogP contribution < -0.4 is 4.74 Å². The van der Waals surface area contributed by atoms with Crippen molar-refractivity contribution in [1.29, 1.82) is 0 Å². The number of pyridine rings is 2. The summed E-state index contributed by atoms with van der Waals surface area (Å²) in [6.45, 7) is 3.67. The molecule has 2 bridgehead atoms. The summed E-state index contributed by atoms with van der Waals surface area (Å²) in [7, 11) is 1.68. The molecule has 0 spiro atoms. The van der Waals surface area contributed by atoms with Crippen LogP contribution >= 0.6 is 0 Å². The van der Waals surface area contributed by atoms with Crippen molar-refractivity contribution >= 4 is 0 Å². The first-order valence-electron chi connectivity index (χ1n) is 7.48. The molecule has 0 atom stereocenters. The third kappa shape index (κ3) is 2.02. The molecule has 0 amide bonds. The lowest BCUT2D eigenvalue weighted by Crippen LogP contribution is -2.24. The highest BCUT2D eigenvalue weighted by atomic mass is 16.5. The third-order valence-corrected chi connectivity index (χ3v) is 4.99. The Balaban J connectivity index is 1.68. The second-order valence-electron chi connectivity index (χ2n) is 6.06. The molecule has 0 aromatic carbocycles. The molecular formula is C17H19N3O. The van der Waals surface area contributed by atoms with Gasteiger partial charge in [0.05, 0.1) is 18.4 Å². The topological polar surface area (TPSA) is 38.2 Å². The summed E-state index contributed by atoms with van der Waals surface area (Å²) in [5.74, 6) is 0.816. The second kappa shape index (κ2) is 4.81. The zero-order valence-corrected chi connectivity index (χ0v) is 12.2. The van der Waals surface area contributed by atoms with E-state index in [1.807, 2.05) is 12.3 Å². The first kappa shape index (κ1) is 12.8. The molecule has 2 aliphatic heterocycles. The molecule has 108 valence electrons. The Bertz CT molecular complexity index is 645. The van der Waals surface area contributed by atoms with Crippen molar-refractivity contribution in [2.45, 2.75) is 18.3 Å². The van der Waals surface area contributed by atoms with E-state index in [1.54, 1.807) is 13.3 Å². The number of aromatic nitrogens is 2. The van der Waals surface area contributed by atoms with Crippen LogP contribution in [0.2, 0.25) is 0 Å². The molecule has 2 aliphatic rings. The number of hydrogen-bond acceptors (Lipinski definition) is 4. The molecule has 4 heteroatoms. The van der Waals surface area contributed by atoms with Gasteiger partial charge in [-0.15, -0.1) is 0 Å². The molecule has 2 aromatic rings. The van der Waals surface area contributed by atoms with E-state index in [1.165, 1.54) is 38.0 Å². The number of ether oxygens (including phenoxy) is 1. The molecule has 0 radical (unpaired) electrons. The Kier molecular flexibility index (Phi) is 2.93. The maximum Gasteiger partial charge on any atom is 0.131 e. The van der Waals surface area contributed by atoms with E-state index in [0.717, 1.165) is 17.0 Å². The highest BCUT2D eigenvalue weighted by Crippen LogP contribution is 2.43. The van der Waals surface area contributed by atoms with Crippen molar-refractivity contribution in [2.75, 3.05) is 26.7 Å². The third-order valence-electron chi connectivity index (χ3n) is 4.99. The molecule has 0 saturated carbocycles. The van der Waals surface area contributed by atoms with E-state index >= 15 is 0 Å². The fourth-order valence-electron chi connectivity index (χ4n) is 3.72. The van der Waals surface area contributed by atoms with Crippen molar-refractivity contribution < 1.29 is 4.74 Å². The quantitative estimate of drug-likeness (QED) is 0.866. The largest absolute Gasteiger partial charge is 0.496 e. The highest BCUT2D eigenvalue weighted by Gasteiger charge is 2.44. The number of methoxy groups -OCH3 is 1. The Morgan fingerprint density at radius 2 is 2.00 bits per heavy atom. The van der Waals surface area contributed by atoms with Crippen molar-refractivity contribution in [1.82, 2.24) is 14.9 Å². The Hall–Kier alpha value is -1.94. The second-order valence-corrected chi connectivity index (χ2v) is 6.06. The Morgan fingerprint density at radius 3 is 2.62 bits per heavy atom.